The maximum absolute atomic E-state index is 13.0. The number of imide groups is 1. The number of hydrogen-bond acceptors (Lipinski definition) is 3. The average Bonchev–Trinajstić information content (AvgIpc) is 3.20. The molecule has 1 saturated carbocycles. The summed E-state index contributed by atoms with van der Waals surface area (Å²) >= 11 is 3.40. The van der Waals surface area contributed by atoms with E-state index in [0.717, 1.165) is 16.5 Å². The molecule has 1 aromatic rings. The van der Waals surface area contributed by atoms with Gasteiger partial charge in [0.2, 0.25) is 17.7 Å². The van der Waals surface area contributed by atoms with Crippen LogP contribution in [0.1, 0.15) is 24.4 Å². The van der Waals surface area contributed by atoms with Crippen molar-refractivity contribution in [3.8, 4) is 0 Å². The van der Waals surface area contributed by atoms with Crippen molar-refractivity contribution < 1.29 is 14.4 Å². The average molecular weight is 389 g/mol. The maximum atomic E-state index is 13.0. The largest absolute Gasteiger partial charge is 0.370 e. The molecule has 6 heteroatoms. The molecule has 3 aliphatic rings. The van der Waals surface area contributed by atoms with E-state index >= 15 is 0 Å². The van der Waals surface area contributed by atoms with Gasteiger partial charge < -0.3 is 5.73 Å². The molecule has 0 spiro atoms. The topological polar surface area (TPSA) is 80.5 Å². The Bertz CT molecular complexity index is 745. The number of allylic oxidation sites excluding steroid dienone is 2. The Balaban J connectivity index is 1.72. The number of primary amides is 1. The highest BCUT2D eigenvalue weighted by atomic mass is 79.9. The number of carbonyl (C=O) groups excluding carboxylic acids is 3. The van der Waals surface area contributed by atoms with Crippen LogP contribution < -0.4 is 5.73 Å². The van der Waals surface area contributed by atoms with E-state index in [-0.39, 0.29) is 41.9 Å². The van der Waals surface area contributed by atoms with Gasteiger partial charge in [-0.2, -0.15) is 0 Å². The van der Waals surface area contributed by atoms with Crippen molar-refractivity contribution in [2.24, 2.45) is 29.4 Å². The van der Waals surface area contributed by atoms with Gasteiger partial charge in [0.25, 0.3) is 0 Å². The van der Waals surface area contributed by atoms with Crippen molar-refractivity contribution in [1.82, 2.24) is 4.90 Å². The molecule has 2 fully saturated rings. The van der Waals surface area contributed by atoms with Gasteiger partial charge in [-0.3, -0.25) is 19.3 Å². The lowest BCUT2D eigenvalue weighted by molar-refractivity contribution is -0.144. The van der Waals surface area contributed by atoms with Crippen molar-refractivity contribution in [2.45, 2.75) is 18.9 Å². The fourth-order valence-electron chi connectivity index (χ4n) is 4.50. The van der Waals surface area contributed by atoms with Gasteiger partial charge in [-0.15, -0.1) is 0 Å². The minimum Gasteiger partial charge on any atom is -0.370 e. The van der Waals surface area contributed by atoms with E-state index in [0.29, 0.717) is 0 Å². The van der Waals surface area contributed by atoms with Gasteiger partial charge in [0.15, 0.2) is 0 Å². The lowest BCUT2D eigenvalue weighted by Crippen LogP contribution is -2.38. The van der Waals surface area contributed by atoms with E-state index in [2.05, 4.69) is 28.1 Å². The van der Waals surface area contributed by atoms with Crippen molar-refractivity contribution in [3.63, 3.8) is 0 Å². The number of likely N-dealkylation sites (tertiary alicyclic amines) is 1. The van der Waals surface area contributed by atoms with Gasteiger partial charge >= 0.3 is 0 Å². The lowest BCUT2D eigenvalue weighted by atomic mass is 9.85. The van der Waals surface area contributed by atoms with Crippen LogP contribution in [-0.2, 0) is 14.4 Å². The number of hydrogen-bond donors (Lipinski definition) is 1. The second-order valence-electron chi connectivity index (χ2n) is 6.79. The second-order valence-corrected chi connectivity index (χ2v) is 7.70. The number of nitrogens with zero attached hydrogens (tertiary/aromatic N) is 1. The van der Waals surface area contributed by atoms with Crippen LogP contribution in [0.4, 0.5) is 0 Å². The molecule has 1 aliphatic heterocycles. The summed E-state index contributed by atoms with van der Waals surface area (Å²) in [6, 6.07) is 6.70. The normalized spacial score (nSPS) is 31.6. The third-order valence-electron chi connectivity index (χ3n) is 5.44. The summed E-state index contributed by atoms with van der Waals surface area (Å²) in [5.74, 6) is -1.08. The molecule has 124 valence electrons. The highest BCUT2D eigenvalue weighted by Gasteiger charge is 2.60. The van der Waals surface area contributed by atoms with Crippen molar-refractivity contribution >= 4 is 33.7 Å². The number of rotatable bonds is 4. The monoisotopic (exact) mass is 388 g/mol. The summed E-state index contributed by atoms with van der Waals surface area (Å²) in [4.78, 5) is 38.8. The van der Waals surface area contributed by atoms with E-state index in [9.17, 15) is 14.4 Å². The van der Waals surface area contributed by atoms with Crippen LogP contribution in [0.25, 0.3) is 0 Å². The Morgan fingerprint density at radius 3 is 2.38 bits per heavy atom. The summed E-state index contributed by atoms with van der Waals surface area (Å²) in [6.45, 7) is 0. The molecular weight excluding hydrogens is 372 g/mol. The lowest BCUT2D eigenvalue weighted by Gasteiger charge is -2.27. The SMILES string of the molecule is NC(=O)CC(c1cccc(Br)c1)N1C(=O)C2C3C=CC(C3)C2C1=O. The van der Waals surface area contributed by atoms with E-state index in [4.69, 9.17) is 5.73 Å². The van der Waals surface area contributed by atoms with Crippen LogP contribution in [0.2, 0.25) is 0 Å². The summed E-state index contributed by atoms with van der Waals surface area (Å²) in [5, 5.41) is 0. The van der Waals surface area contributed by atoms with E-state index in [1.54, 1.807) is 0 Å². The first-order valence-corrected chi connectivity index (χ1v) is 8.85. The number of benzene rings is 1. The van der Waals surface area contributed by atoms with Gasteiger partial charge in [0, 0.05) is 4.47 Å². The molecule has 24 heavy (non-hydrogen) atoms. The number of fused-ring (bicyclic) bond motifs is 5. The Kier molecular flexibility index (Phi) is 3.60. The molecular formula is C18H17BrN2O3. The van der Waals surface area contributed by atoms with Crippen molar-refractivity contribution in [2.75, 3.05) is 0 Å². The van der Waals surface area contributed by atoms with Crippen molar-refractivity contribution in [1.29, 1.82) is 0 Å². The Morgan fingerprint density at radius 2 is 1.83 bits per heavy atom. The fraction of sp³-hybridized carbons (Fsp3) is 0.389. The van der Waals surface area contributed by atoms with Crippen LogP contribution in [0.5, 0.6) is 0 Å². The number of nitrogens with two attached hydrogens (primary N) is 1. The van der Waals surface area contributed by atoms with Gasteiger partial charge in [0.1, 0.15) is 0 Å². The summed E-state index contributed by atoms with van der Waals surface area (Å²) in [6.07, 6.45) is 4.94. The van der Waals surface area contributed by atoms with Gasteiger partial charge in [-0.25, -0.2) is 0 Å². The summed E-state index contributed by atoms with van der Waals surface area (Å²) in [7, 11) is 0. The first kappa shape index (κ1) is 15.6. The van der Waals surface area contributed by atoms with Gasteiger partial charge in [-0.05, 0) is 36.0 Å². The standard InChI is InChI=1S/C18H17BrN2O3/c19-12-3-1-2-9(7-12)13(8-14(20)22)21-17(23)15-10-4-5-11(6-10)16(15)18(21)24/h1-5,7,10-11,13,15-16H,6,8H2,(H2,20,22). The molecule has 1 aromatic carbocycles. The molecule has 2 N–H and O–H groups in total. The summed E-state index contributed by atoms with van der Waals surface area (Å²) in [5.41, 5.74) is 6.14. The second kappa shape index (κ2) is 5.55. The molecule has 5 nitrogen and oxygen atoms in total. The minimum absolute atomic E-state index is 0.0594. The van der Waals surface area contributed by atoms with Gasteiger partial charge in [0.05, 0.1) is 24.3 Å². The smallest absolute Gasteiger partial charge is 0.234 e. The summed E-state index contributed by atoms with van der Waals surface area (Å²) < 4.78 is 0.829. The Morgan fingerprint density at radius 1 is 1.21 bits per heavy atom. The number of amides is 3. The third-order valence-corrected chi connectivity index (χ3v) is 5.94. The highest BCUT2D eigenvalue weighted by Crippen LogP contribution is 2.54. The van der Waals surface area contributed by atoms with Crippen LogP contribution in [0, 0.1) is 23.7 Å². The zero-order valence-corrected chi connectivity index (χ0v) is 14.5. The van der Waals surface area contributed by atoms with E-state index in [1.807, 2.05) is 24.3 Å². The Hall–Kier alpha value is -1.95. The molecule has 3 amide bonds. The molecule has 4 rings (SSSR count). The molecule has 2 bridgehead atoms. The van der Waals surface area contributed by atoms with E-state index < -0.39 is 11.9 Å². The van der Waals surface area contributed by atoms with Crippen LogP contribution in [0.3, 0.4) is 0 Å². The van der Waals surface area contributed by atoms with Gasteiger partial charge in [-0.1, -0.05) is 40.2 Å². The zero-order valence-electron chi connectivity index (χ0n) is 12.9. The molecule has 5 atom stereocenters. The Labute approximate surface area is 148 Å². The van der Waals surface area contributed by atoms with E-state index in [1.165, 1.54) is 4.90 Å². The fourth-order valence-corrected chi connectivity index (χ4v) is 4.91. The minimum atomic E-state index is -0.634. The molecule has 5 unspecified atom stereocenters. The molecule has 1 heterocycles. The van der Waals surface area contributed by atoms with Crippen LogP contribution in [0.15, 0.2) is 40.9 Å². The predicted octanol–water partition coefficient (Wildman–Crippen LogP) is 2.17. The van der Waals surface area contributed by atoms with Crippen molar-refractivity contribution in [3.05, 3.63) is 46.5 Å². The van der Waals surface area contributed by atoms with Crippen LogP contribution >= 0.6 is 15.9 Å². The van der Waals surface area contributed by atoms with Crippen LogP contribution in [-0.4, -0.2) is 22.6 Å². The third kappa shape index (κ3) is 2.24. The molecule has 1 saturated heterocycles. The predicted molar refractivity (Wildman–Crippen MR) is 90.3 cm³/mol. The first-order valence-electron chi connectivity index (χ1n) is 8.06. The highest BCUT2D eigenvalue weighted by molar-refractivity contribution is 9.10. The molecule has 2 aliphatic carbocycles. The number of carbonyl (C=O) groups is 3. The first-order chi connectivity index (χ1) is 11.5. The molecule has 0 aromatic heterocycles. The molecule has 0 radical (unpaired) electrons. The quantitative estimate of drug-likeness (QED) is 0.633. The zero-order chi connectivity index (χ0) is 17.0. The maximum Gasteiger partial charge on any atom is 0.234 e. The number of halogens is 1.